The molecule has 2 rings (SSSR count). The first-order valence-electron chi connectivity index (χ1n) is 4.74. The highest BCUT2D eigenvalue weighted by molar-refractivity contribution is 9.10. The molecule has 0 bridgehead atoms. The Morgan fingerprint density at radius 2 is 2.31 bits per heavy atom. The zero-order chi connectivity index (χ0) is 11.5. The monoisotopic (exact) mass is 298 g/mol. The number of rotatable bonds is 3. The van der Waals surface area contributed by atoms with E-state index in [0.717, 1.165) is 25.9 Å². The van der Waals surface area contributed by atoms with Crippen molar-refractivity contribution < 1.29 is 0 Å². The third kappa shape index (κ3) is 2.63. The molecule has 0 spiro atoms. The summed E-state index contributed by atoms with van der Waals surface area (Å²) in [4.78, 5) is 5.32. The van der Waals surface area contributed by atoms with E-state index in [1.807, 2.05) is 25.1 Å². The van der Waals surface area contributed by atoms with Crippen LogP contribution in [0.15, 0.2) is 32.7 Å². The number of aromatic amines is 1. The summed E-state index contributed by atoms with van der Waals surface area (Å²) < 4.78 is 1.02. The summed E-state index contributed by atoms with van der Waals surface area (Å²) in [6, 6.07) is 6.05. The van der Waals surface area contributed by atoms with Crippen molar-refractivity contribution in [2.45, 2.75) is 23.5 Å². The SMILES string of the molecule is Cc1nc(Sc2ccc(CN)c(Br)c2)n[nH]1. The van der Waals surface area contributed by atoms with Crippen molar-refractivity contribution in [3.05, 3.63) is 34.1 Å². The zero-order valence-corrected chi connectivity index (χ0v) is 11.1. The van der Waals surface area contributed by atoms with Gasteiger partial charge in [0.05, 0.1) is 0 Å². The molecule has 0 aliphatic heterocycles. The molecule has 1 heterocycles. The number of aryl methyl sites for hydroxylation is 1. The van der Waals surface area contributed by atoms with E-state index in [2.05, 4.69) is 31.1 Å². The van der Waals surface area contributed by atoms with Crippen LogP contribution in [0, 0.1) is 6.92 Å². The number of nitrogens with one attached hydrogen (secondary N) is 1. The number of nitrogens with zero attached hydrogens (tertiary/aromatic N) is 2. The van der Waals surface area contributed by atoms with Crippen molar-refractivity contribution in [1.82, 2.24) is 15.2 Å². The highest BCUT2D eigenvalue weighted by Gasteiger charge is 2.05. The fraction of sp³-hybridized carbons (Fsp3) is 0.200. The maximum atomic E-state index is 5.59. The van der Waals surface area contributed by atoms with Crippen LogP contribution < -0.4 is 5.73 Å². The first kappa shape index (κ1) is 11.6. The molecule has 0 aliphatic rings. The van der Waals surface area contributed by atoms with Gasteiger partial charge in [-0.2, -0.15) is 0 Å². The van der Waals surface area contributed by atoms with E-state index in [1.165, 1.54) is 11.8 Å². The average molecular weight is 299 g/mol. The van der Waals surface area contributed by atoms with Gasteiger partial charge in [-0.05, 0) is 36.4 Å². The molecule has 1 aromatic heterocycles. The van der Waals surface area contributed by atoms with Crippen molar-refractivity contribution >= 4 is 27.7 Å². The van der Waals surface area contributed by atoms with E-state index in [4.69, 9.17) is 5.73 Å². The molecule has 0 atom stereocenters. The van der Waals surface area contributed by atoms with Crippen LogP contribution in [0.2, 0.25) is 0 Å². The molecule has 84 valence electrons. The van der Waals surface area contributed by atoms with Gasteiger partial charge in [0, 0.05) is 15.9 Å². The Labute approximate surface area is 106 Å². The van der Waals surface area contributed by atoms with Gasteiger partial charge in [0.15, 0.2) is 0 Å². The van der Waals surface area contributed by atoms with Crippen LogP contribution in [0.5, 0.6) is 0 Å². The van der Waals surface area contributed by atoms with E-state index < -0.39 is 0 Å². The zero-order valence-electron chi connectivity index (χ0n) is 8.70. The van der Waals surface area contributed by atoms with Gasteiger partial charge >= 0.3 is 0 Å². The topological polar surface area (TPSA) is 67.6 Å². The number of hydrogen-bond acceptors (Lipinski definition) is 4. The second-order valence-electron chi connectivity index (χ2n) is 3.26. The Hall–Kier alpha value is -0.850. The molecule has 6 heteroatoms. The number of aromatic nitrogens is 3. The summed E-state index contributed by atoms with van der Waals surface area (Å²) in [7, 11) is 0. The molecular weight excluding hydrogens is 288 g/mol. The van der Waals surface area contributed by atoms with Crippen LogP contribution in [0.1, 0.15) is 11.4 Å². The third-order valence-corrected chi connectivity index (χ3v) is 3.62. The number of H-pyrrole nitrogens is 1. The van der Waals surface area contributed by atoms with Crippen LogP contribution >= 0.6 is 27.7 Å². The first-order chi connectivity index (χ1) is 7.69. The summed E-state index contributed by atoms with van der Waals surface area (Å²) in [5.74, 6) is 0.820. The Bertz CT molecular complexity index is 497. The van der Waals surface area contributed by atoms with Gasteiger partial charge in [0.2, 0.25) is 5.16 Å². The number of hydrogen-bond donors (Lipinski definition) is 2. The molecule has 0 radical (unpaired) electrons. The van der Waals surface area contributed by atoms with Gasteiger partial charge < -0.3 is 5.73 Å². The van der Waals surface area contributed by atoms with Gasteiger partial charge in [0.1, 0.15) is 5.82 Å². The van der Waals surface area contributed by atoms with Gasteiger partial charge in [-0.1, -0.05) is 22.0 Å². The summed E-state index contributed by atoms with van der Waals surface area (Å²) in [6.45, 7) is 2.41. The molecule has 0 saturated carbocycles. The molecule has 16 heavy (non-hydrogen) atoms. The lowest BCUT2D eigenvalue weighted by Gasteiger charge is -2.03. The molecular formula is C10H11BrN4S. The first-order valence-corrected chi connectivity index (χ1v) is 6.35. The van der Waals surface area contributed by atoms with E-state index in [1.54, 1.807) is 0 Å². The van der Waals surface area contributed by atoms with Crippen molar-refractivity contribution in [3.63, 3.8) is 0 Å². The van der Waals surface area contributed by atoms with Crippen LogP contribution in [0.3, 0.4) is 0 Å². The predicted octanol–water partition coefficient (Wildman–Crippen LogP) is 2.49. The molecule has 0 unspecified atom stereocenters. The Kier molecular flexibility index (Phi) is 3.63. The van der Waals surface area contributed by atoms with Gasteiger partial charge in [-0.3, -0.25) is 5.10 Å². The second-order valence-corrected chi connectivity index (χ2v) is 5.16. The Morgan fingerprint density at radius 3 is 2.88 bits per heavy atom. The van der Waals surface area contributed by atoms with E-state index in [9.17, 15) is 0 Å². The fourth-order valence-electron chi connectivity index (χ4n) is 1.23. The lowest BCUT2D eigenvalue weighted by molar-refractivity contribution is 0.969. The van der Waals surface area contributed by atoms with E-state index >= 15 is 0 Å². The largest absolute Gasteiger partial charge is 0.326 e. The maximum Gasteiger partial charge on any atom is 0.213 e. The predicted molar refractivity (Wildman–Crippen MR) is 67.3 cm³/mol. The smallest absolute Gasteiger partial charge is 0.213 e. The van der Waals surface area contributed by atoms with Crippen molar-refractivity contribution in [1.29, 1.82) is 0 Å². The summed E-state index contributed by atoms with van der Waals surface area (Å²) in [6.07, 6.45) is 0. The molecule has 0 saturated heterocycles. The summed E-state index contributed by atoms with van der Waals surface area (Å²) in [5.41, 5.74) is 6.68. The minimum Gasteiger partial charge on any atom is -0.326 e. The van der Waals surface area contributed by atoms with Crippen molar-refractivity contribution in [3.8, 4) is 0 Å². The van der Waals surface area contributed by atoms with Gasteiger partial charge in [0.25, 0.3) is 0 Å². The molecule has 2 aromatic rings. The Morgan fingerprint density at radius 1 is 1.50 bits per heavy atom. The molecule has 0 aliphatic carbocycles. The third-order valence-electron chi connectivity index (χ3n) is 2.03. The van der Waals surface area contributed by atoms with Gasteiger partial charge in [-0.25, -0.2) is 4.98 Å². The molecule has 0 fully saturated rings. The lowest BCUT2D eigenvalue weighted by Crippen LogP contribution is -1.96. The quantitative estimate of drug-likeness (QED) is 0.913. The highest BCUT2D eigenvalue weighted by Crippen LogP contribution is 2.28. The van der Waals surface area contributed by atoms with Gasteiger partial charge in [-0.15, -0.1) is 5.10 Å². The van der Waals surface area contributed by atoms with E-state index in [-0.39, 0.29) is 0 Å². The fourth-order valence-corrected chi connectivity index (χ4v) is 2.72. The lowest BCUT2D eigenvalue weighted by atomic mass is 10.2. The summed E-state index contributed by atoms with van der Waals surface area (Å²) >= 11 is 5.00. The van der Waals surface area contributed by atoms with Crippen LogP contribution in [0.4, 0.5) is 0 Å². The molecule has 1 aromatic carbocycles. The maximum absolute atomic E-state index is 5.59. The van der Waals surface area contributed by atoms with Crippen LogP contribution in [-0.4, -0.2) is 15.2 Å². The summed E-state index contributed by atoms with van der Waals surface area (Å²) in [5, 5.41) is 7.61. The Balaban J connectivity index is 2.19. The van der Waals surface area contributed by atoms with E-state index in [0.29, 0.717) is 6.54 Å². The number of nitrogens with two attached hydrogens (primary N) is 1. The number of halogens is 1. The number of benzene rings is 1. The standard InChI is InChI=1S/C10H11BrN4S/c1-6-13-10(15-14-6)16-8-3-2-7(5-12)9(11)4-8/h2-4H,5,12H2,1H3,(H,13,14,15). The minimum atomic E-state index is 0.533. The molecule has 0 amide bonds. The second kappa shape index (κ2) is 4.99. The molecule has 4 nitrogen and oxygen atoms in total. The highest BCUT2D eigenvalue weighted by atomic mass is 79.9. The van der Waals surface area contributed by atoms with Crippen LogP contribution in [-0.2, 0) is 6.54 Å². The minimum absolute atomic E-state index is 0.533. The van der Waals surface area contributed by atoms with Crippen LogP contribution in [0.25, 0.3) is 0 Å². The average Bonchev–Trinajstić information content (AvgIpc) is 2.64. The molecule has 3 N–H and O–H groups in total. The normalized spacial score (nSPS) is 10.7. The van der Waals surface area contributed by atoms with Crippen molar-refractivity contribution in [2.24, 2.45) is 5.73 Å². The van der Waals surface area contributed by atoms with Crippen molar-refractivity contribution in [2.75, 3.05) is 0 Å².